The highest BCUT2D eigenvalue weighted by atomic mass is 19.1. The number of para-hydroxylation sites is 1. The summed E-state index contributed by atoms with van der Waals surface area (Å²) in [5.74, 6) is 1.75. The molecule has 2 aliphatic heterocycles. The fraction of sp³-hybridized carbons (Fsp3) is 0.120. The molecule has 1 N–H and O–H groups in total. The van der Waals surface area contributed by atoms with E-state index in [1.807, 2.05) is 59.3 Å². The van der Waals surface area contributed by atoms with Crippen molar-refractivity contribution < 1.29 is 13.9 Å². The molecule has 2 aliphatic rings. The maximum atomic E-state index is 15.0. The molecule has 0 saturated carbocycles. The Morgan fingerprint density at radius 3 is 2.59 bits per heavy atom. The van der Waals surface area contributed by atoms with Crippen LogP contribution in [0.5, 0.6) is 11.5 Å². The van der Waals surface area contributed by atoms with Crippen molar-refractivity contribution in [3.05, 3.63) is 107 Å². The number of methoxy groups -OCH3 is 1. The van der Waals surface area contributed by atoms with E-state index in [0.29, 0.717) is 17.3 Å². The highest BCUT2D eigenvalue weighted by Gasteiger charge is 2.41. The van der Waals surface area contributed by atoms with Gasteiger partial charge in [-0.05, 0) is 35.9 Å². The van der Waals surface area contributed by atoms with E-state index in [1.54, 1.807) is 19.2 Å². The molecule has 0 amide bonds. The van der Waals surface area contributed by atoms with E-state index in [1.165, 1.54) is 12.4 Å². The molecule has 0 aliphatic carbocycles. The predicted molar refractivity (Wildman–Crippen MR) is 118 cm³/mol. The van der Waals surface area contributed by atoms with Crippen LogP contribution in [0.2, 0.25) is 0 Å². The molecule has 2 atom stereocenters. The van der Waals surface area contributed by atoms with Crippen LogP contribution in [0.3, 0.4) is 0 Å². The summed E-state index contributed by atoms with van der Waals surface area (Å²) in [5.41, 5.74) is 4.08. The standard InChI is InChI=1S/C25H19FN4O2/c1-31-16-12-10-15(11-13-16)23-21-22(29-25-27-14-28-30(23)25)18-7-3-5-9-20(18)32-24(21)17-6-2-4-8-19(17)26/h2-14,23-24H,1H3,(H,27,28,29)/t23-,24+/m1/s1. The molecule has 0 bridgehead atoms. The Morgan fingerprint density at radius 1 is 1.00 bits per heavy atom. The van der Waals surface area contributed by atoms with Gasteiger partial charge in [-0.2, -0.15) is 10.1 Å². The van der Waals surface area contributed by atoms with Gasteiger partial charge >= 0.3 is 0 Å². The second-order valence-electron chi connectivity index (χ2n) is 7.67. The number of ether oxygens (including phenoxy) is 2. The van der Waals surface area contributed by atoms with Gasteiger partial charge in [0.15, 0.2) is 6.10 Å². The van der Waals surface area contributed by atoms with Gasteiger partial charge in [-0.15, -0.1) is 0 Å². The zero-order chi connectivity index (χ0) is 21.7. The second-order valence-corrected chi connectivity index (χ2v) is 7.67. The summed E-state index contributed by atoms with van der Waals surface area (Å²) in [5, 5.41) is 7.90. The molecule has 0 saturated heterocycles. The van der Waals surface area contributed by atoms with Crippen molar-refractivity contribution in [3.8, 4) is 11.5 Å². The average molecular weight is 426 g/mol. The molecule has 0 unspecified atom stereocenters. The third-order valence-electron chi connectivity index (χ3n) is 5.94. The zero-order valence-corrected chi connectivity index (χ0v) is 17.2. The number of anilines is 1. The average Bonchev–Trinajstić information content (AvgIpc) is 3.31. The third-order valence-corrected chi connectivity index (χ3v) is 5.94. The molecular weight excluding hydrogens is 407 g/mol. The predicted octanol–water partition coefficient (Wildman–Crippen LogP) is 4.99. The molecule has 3 heterocycles. The molecule has 0 fully saturated rings. The van der Waals surface area contributed by atoms with E-state index in [2.05, 4.69) is 15.4 Å². The fourth-order valence-corrected chi connectivity index (χ4v) is 4.47. The Hall–Kier alpha value is -4.13. The van der Waals surface area contributed by atoms with E-state index in [-0.39, 0.29) is 11.9 Å². The van der Waals surface area contributed by atoms with Crippen LogP contribution < -0.4 is 14.8 Å². The molecule has 0 radical (unpaired) electrons. The molecule has 0 spiro atoms. The lowest BCUT2D eigenvalue weighted by atomic mass is 9.84. The number of benzene rings is 3. The van der Waals surface area contributed by atoms with E-state index < -0.39 is 6.10 Å². The summed E-state index contributed by atoms with van der Waals surface area (Å²) in [7, 11) is 1.63. The van der Waals surface area contributed by atoms with Crippen molar-refractivity contribution >= 4 is 11.6 Å². The van der Waals surface area contributed by atoms with E-state index in [0.717, 1.165) is 28.1 Å². The van der Waals surface area contributed by atoms with Crippen molar-refractivity contribution in [1.82, 2.24) is 14.8 Å². The van der Waals surface area contributed by atoms with Gasteiger partial charge in [0.1, 0.15) is 29.7 Å². The Bertz CT molecular complexity index is 1350. The van der Waals surface area contributed by atoms with Crippen LogP contribution in [-0.2, 0) is 0 Å². The van der Waals surface area contributed by atoms with Crippen molar-refractivity contribution in [1.29, 1.82) is 0 Å². The molecule has 32 heavy (non-hydrogen) atoms. The first-order chi connectivity index (χ1) is 15.7. The van der Waals surface area contributed by atoms with Crippen LogP contribution >= 0.6 is 0 Å². The first-order valence-corrected chi connectivity index (χ1v) is 10.3. The summed E-state index contributed by atoms with van der Waals surface area (Å²) in [6, 6.07) is 21.9. The summed E-state index contributed by atoms with van der Waals surface area (Å²) < 4.78 is 28.6. The number of halogens is 1. The van der Waals surface area contributed by atoms with Crippen molar-refractivity contribution in [2.75, 3.05) is 12.4 Å². The van der Waals surface area contributed by atoms with Crippen LogP contribution in [-0.4, -0.2) is 21.9 Å². The van der Waals surface area contributed by atoms with E-state index in [4.69, 9.17) is 9.47 Å². The maximum absolute atomic E-state index is 15.0. The SMILES string of the molecule is COc1ccc([C@@H]2C3=C(Nc4ncnn42)c2ccccc2O[C@H]3c2ccccc2F)cc1. The van der Waals surface area contributed by atoms with Crippen molar-refractivity contribution in [2.24, 2.45) is 0 Å². The molecule has 6 rings (SSSR count). The molecule has 3 aromatic carbocycles. The monoisotopic (exact) mass is 426 g/mol. The van der Waals surface area contributed by atoms with Gasteiger partial charge in [0.05, 0.1) is 12.8 Å². The van der Waals surface area contributed by atoms with Gasteiger partial charge < -0.3 is 14.8 Å². The van der Waals surface area contributed by atoms with Crippen LogP contribution in [0.1, 0.15) is 28.8 Å². The maximum Gasteiger partial charge on any atom is 0.226 e. The highest BCUT2D eigenvalue weighted by molar-refractivity contribution is 5.85. The Kier molecular flexibility index (Phi) is 4.21. The number of hydrogen-bond donors (Lipinski definition) is 1. The molecule has 6 nitrogen and oxygen atoms in total. The van der Waals surface area contributed by atoms with Crippen molar-refractivity contribution in [3.63, 3.8) is 0 Å². The molecular formula is C25H19FN4O2. The van der Waals surface area contributed by atoms with E-state index in [9.17, 15) is 4.39 Å². The minimum absolute atomic E-state index is 0.318. The number of aromatic nitrogens is 3. The molecule has 1 aromatic heterocycles. The topological polar surface area (TPSA) is 61.2 Å². The highest BCUT2D eigenvalue weighted by Crippen LogP contribution is 2.50. The fourth-order valence-electron chi connectivity index (χ4n) is 4.47. The largest absolute Gasteiger partial charge is 0.497 e. The lowest BCUT2D eigenvalue weighted by molar-refractivity contribution is 0.218. The quantitative estimate of drug-likeness (QED) is 0.500. The smallest absolute Gasteiger partial charge is 0.226 e. The second kappa shape index (κ2) is 7.23. The third kappa shape index (κ3) is 2.78. The summed E-state index contributed by atoms with van der Waals surface area (Å²) in [4.78, 5) is 4.41. The first-order valence-electron chi connectivity index (χ1n) is 10.3. The van der Waals surface area contributed by atoms with Crippen LogP contribution in [0, 0.1) is 5.82 Å². The van der Waals surface area contributed by atoms with Crippen LogP contribution in [0.25, 0.3) is 5.70 Å². The van der Waals surface area contributed by atoms with Crippen molar-refractivity contribution in [2.45, 2.75) is 12.1 Å². The van der Waals surface area contributed by atoms with Gasteiger partial charge in [-0.3, -0.25) is 0 Å². The van der Waals surface area contributed by atoms with Gasteiger partial charge in [-0.25, -0.2) is 9.07 Å². The normalized spacial score (nSPS) is 18.7. The number of fused-ring (bicyclic) bond motifs is 3. The van der Waals surface area contributed by atoms with Gasteiger partial charge in [-0.1, -0.05) is 42.5 Å². The first kappa shape index (κ1) is 18.6. The number of rotatable bonds is 3. The van der Waals surface area contributed by atoms with Gasteiger partial charge in [0.2, 0.25) is 5.95 Å². The molecule has 7 heteroatoms. The lowest BCUT2D eigenvalue weighted by Gasteiger charge is -2.39. The number of hydrogen-bond acceptors (Lipinski definition) is 5. The minimum atomic E-state index is -0.641. The number of nitrogens with zero attached hydrogens (tertiary/aromatic N) is 3. The van der Waals surface area contributed by atoms with Gasteiger partial charge in [0.25, 0.3) is 0 Å². The summed E-state index contributed by atoms with van der Waals surface area (Å²) in [6.07, 6.45) is 0.875. The lowest BCUT2D eigenvalue weighted by Crippen LogP contribution is -2.32. The Balaban J connectivity index is 1.62. The molecule has 158 valence electrons. The Morgan fingerprint density at radius 2 is 1.78 bits per heavy atom. The molecule has 4 aromatic rings. The minimum Gasteiger partial charge on any atom is -0.497 e. The zero-order valence-electron chi connectivity index (χ0n) is 17.2. The Labute approximate surface area is 183 Å². The van der Waals surface area contributed by atoms with E-state index >= 15 is 0 Å². The summed E-state index contributed by atoms with van der Waals surface area (Å²) >= 11 is 0. The summed E-state index contributed by atoms with van der Waals surface area (Å²) in [6.45, 7) is 0. The van der Waals surface area contributed by atoms with Crippen LogP contribution in [0.4, 0.5) is 10.3 Å². The van der Waals surface area contributed by atoms with Crippen LogP contribution in [0.15, 0.2) is 84.7 Å². The van der Waals surface area contributed by atoms with Gasteiger partial charge in [0, 0.05) is 16.7 Å². The number of nitrogens with one attached hydrogen (secondary N) is 1.